The number of amidine groups is 1. The van der Waals surface area contributed by atoms with Crippen molar-refractivity contribution in [2.24, 2.45) is 4.99 Å². The average Bonchev–Trinajstić information content (AvgIpc) is 3.00. The molecule has 2 atom stereocenters. The standard InChI is InChI=1S/C18H22N2O5S2/c1-11-6-7-12(2)13(8-11)20-14-9-27(24,25)10-15(14)26-18(20)19-16(21)4-3-5-17(22)23/h6-8,14-15H,3-5,9-10H2,1-2H3,(H,22,23)/p-1/t14-,15-/m1/s1. The van der Waals surface area contributed by atoms with E-state index in [9.17, 15) is 23.1 Å². The number of aliphatic carboxylic acids is 1. The van der Waals surface area contributed by atoms with Crippen LogP contribution in [0.25, 0.3) is 0 Å². The maximum atomic E-state index is 12.2. The lowest BCUT2D eigenvalue weighted by Crippen LogP contribution is -2.38. The van der Waals surface area contributed by atoms with E-state index in [-0.39, 0.29) is 42.1 Å². The topological polar surface area (TPSA) is 107 Å². The van der Waals surface area contributed by atoms with E-state index in [1.807, 2.05) is 36.9 Å². The number of hydrogen-bond acceptors (Lipinski definition) is 6. The first-order valence-electron chi connectivity index (χ1n) is 8.71. The Morgan fingerprint density at radius 2 is 2.00 bits per heavy atom. The number of aryl methyl sites for hydroxylation is 2. The van der Waals surface area contributed by atoms with Crippen molar-refractivity contribution in [3.63, 3.8) is 0 Å². The van der Waals surface area contributed by atoms with Gasteiger partial charge in [-0.05, 0) is 43.9 Å². The Balaban J connectivity index is 1.91. The third kappa shape index (κ3) is 4.52. The van der Waals surface area contributed by atoms with Crippen LogP contribution in [0.3, 0.4) is 0 Å². The highest BCUT2D eigenvalue weighted by Gasteiger charge is 2.49. The molecular weight excluding hydrogens is 388 g/mol. The molecule has 2 saturated heterocycles. The molecule has 0 N–H and O–H groups in total. The highest BCUT2D eigenvalue weighted by Crippen LogP contribution is 2.42. The van der Waals surface area contributed by atoms with Gasteiger partial charge in [-0.15, -0.1) is 0 Å². The summed E-state index contributed by atoms with van der Waals surface area (Å²) in [6, 6.07) is 5.66. The van der Waals surface area contributed by atoms with E-state index in [0.717, 1.165) is 16.8 Å². The molecule has 1 aromatic rings. The van der Waals surface area contributed by atoms with Crippen molar-refractivity contribution in [1.82, 2.24) is 0 Å². The van der Waals surface area contributed by atoms with Gasteiger partial charge in [0.25, 0.3) is 0 Å². The molecule has 2 aliphatic rings. The predicted molar refractivity (Wildman–Crippen MR) is 104 cm³/mol. The third-order valence-electron chi connectivity index (χ3n) is 4.68. The van der Waals surface area contributed by atoms with E-state index >= 15 is 0 Å². The number of sulfone groups is 1. The average molecular weight is 410 g/mol. The summed E-state index contributed by atoms with van der Waals surface area (Å²) in [5, 5.41) is 10.8. The molecule has 7 nitrogen and oxygen atoms in total. The summed E-state index contributed by atoms with van der Waals surface area (Å²) in [6.45, 7) is 3.90. The molecule has 2 aliphatic heterocycles. The number of aliphatic imine (C=N–C) groups is 1. The van der Waals surface area contributed by atoms with Crippen molar-refractivity contribution in [2.75, 3.05) is 16.4 Å². The van der Waals surface area contributed by atoms with Crippen LogP contribution < -0.4 is 10.0 Å². The molecule has 0 unspecified atom stereocenters. The molecule has 146 valence electrons. The third-order valence-corrected chi connectivity index (χ3v) is 7.89. The molecule has 0 aromatic heterocycles. The van der Waals surface area contributed by atoms with E-state index in [0.29, 0.717) is 5.17 Å². The molecular formula is C18H21N2O5S2-. The zero-order valence-corrected chi connectivity index (χ0v) is 16.8. The first-order valence-corrected chi connectivity index (χ1v) is 11.4. The van der Waals surface area contributed by atoms with Gasteiger partial charge in [-0.3, -0.25) is 4.79 Å². The molecule has 2 heterocycles. The van der Waals surface area contributed by atoms with Crippen molar-refractivity contribution in [2.45, 2.75) is 44.4 Å². The van der Waals surface area contributed by atoms with Gasteiger partial charge >= 0.3 is 0 Å². The number of fused-ring (bicyclic) bond motifs is 1. The van der Waals surface area contributed by atoms with E-state index in [1.165, 1.54) is 11.8 Å². The minimum atomic E-state index is -3.12. The van der Waals surface area contributed by atoms with Gasteiger partial charge in [-0.25, -0.2) is 8.42 Å². The summed E-state index contributed by atoms with van der Waals surface area (Å²) >= 11 is 1.32. The van der Waals surface area contributed by atoms with Crippen LogP contribution in [0.5, 0.6) is 0 Å². The first kappa shape index (κ1) is 19.9. The molecule has 0 radical (unpaired) electrons. The summed E-state index contributed by atoms with van der Waals surface area (Å²) in [7, 11) is -3.12. The van der Waals surface area contributed by atoms with Gasteiger partial charge in [0.2, 0.25) is 5.91 Å². The number of benzene rings is 1. The van der Waals surface area contributed by atoms with Crippen LogP contribution in [0.1, 0.15) is 30.4 Å². The number of anilines is 1. The Morgan fingerprint density at radius 1 is 1.26 bits per heavy atom. The highest BCUT2D eigenvalue weighted by molar-refractivity contribution is 8.16. The monoisotopic (exact) mass is 409 g/mol. The van der Waals surface area contributed by atoms with Crippen molar-refractivity contribution in [1.29, 1.82) is 0 Å². The maximum Gasteiger partial charge on any atom is 0.248 e. The van der Waals surface area contributed by atoms with Gasteiger partial charge in [0.15, 0.2) is 15.0 Å². The Bertz CT molecular complexity index is 910. The summed E-state index contributed by atoms with van der Waals surface area (Å²) < 4.78 is 24.2. The normalized spacial score (nSPS) is 25.0. The fourth-order valence-corrected chi connectivity index (χ4v) is 7.30. The molecule has 0 spiro atoms. The Kier molecular flexibility index (Phi) is 5.62. The van der Waals surface area contributed by atoms with Crippen molar-refractivity contribution in [3.8, 4) is 0 Å². The fraction of sp³-hybridized carbons (Fsp3) is 0.500. The maximum absolute atomic E-state index is 12.2. The molecule has 0 aliphatic carbocycles. The molecule has 9 heteroatoms. The summed E-state index contributed by atoms with van der Waals surface area (Å²) in [6.07, 6.45) is 0.00751. The summed E-state index contributed by atoms with van der Waals surface area (Å²) in [4.78, 5) is 28.8. The second-order valence-electron chi connectivity index (χ2n) is 6.97. The van der Waals surface area contributed by atoms with E-state index < -0.39 is 21.7 Å². The van der Waals surface area contributed by atoms with Crippen LogP contribution in [0, 0.1) is 13.8 Å². The summed E-state index contributed by atoms with van der Waals surface area (Å²) in [5.41, 5.74) is 2.86. The van der Waals surface area contributed by atoms with Gasteiger partial charge in [0.05, 0.1) is 17.5 Å². The molecule has 1 aromatic carbocycles. The molecule has 27 heavy (non-hydrogen) atoms. The second kappa shape index (κ2) is 7.63. The number of rotatable bonds is 5. The van der Waals surface area contributed by atoms with Crippen molar-refractivity contribution >= 4 is 44.3 Å². The minimum absolute atomic E-state index is 0.0202. The van der Waals surface area contributed by atoms with E-state index in [4.69, 9.17) is 0 Å². The Morgan fingerprint density at radius 3 is 2.70 bits per heavy atom. The molecule has 2 fully saturated rings. The molecule has 0 saturated carbocycles. The fourth-order valence-electron chi connectivity index (χ4n) is 3.37. The quantitative estimate of drug-likeness (QED) is 0.709. The lowest BCUT2D eigenvalue weighted by Gasteiger charge is -2.26. The SMILES string of the molecule is Cc1ccc(C)c(N2C(=NC(=O)CCCC(=O)[O-])S[C@@H]3CS(=O)(=O)C[C@H]32)c1. The van der Waals surface area contributed by atoms with Crippen LogP contribution >= 0.6 is 11.8 Å². The zero-order valence-electron chi connectivity index (χ0n) is 15.2. The lowest BCUT2D eigenvalue weighted by molar-refractivity contribution is -0.305. The van der Waals surface area contributed by atoms with Crippen LogP contribution in [0.15, 0.2) is 23.2 Å². The molecule has 3 rings (SSSR count). The number of carboxylic acid groups (broad SMARTS) is 1. The Labute approximate surface area is 162 Å². The smallest absolute Gasteiger partial charge is 0.248 e. The Hall–Kier alpha value is -1.87. The number of thioether (sulfide) groups is 1. The predicted octanol–water partition coefficient (Wildman–Crippen LogP) is 0.825. The van der Waals surface area contributed by atoms with Crippen molar-refractivity contribution < 1.29 is 23.1 Å². The van der Waals surface area contributed by atoms with Crippen LogP contribution in [-0.4, -0.2) is 48.3 Å². The lowest BCUT2D eigenvalue weighted by atomic mass is 10.1. The van der Waals surface area contributed by atoms with Gasteiger partial charge in [0, 0.05) is 23.3 Å². The number of carbonyl (C=O) groups excluding carboxylic acids is 2. The molecule has 0 bridgehead atoms. The van der Waals surface area contributed by atoms with Crippen LogP contribution in [-0.2, 0) is 19.4 Å². The van der Waals surface area contributed by atoms with E-state index in [2.05, 4.69) is 4.99 Å². The van der Waals surface area contributed by atoms with Gasteiger partial charge in [-0.2, -0.15) is 4.99 Å². The van der Waals surface area contributed by atoms with Gasteiger partial charge in [0.1, 0.15) is 0 Å². The largest absolute Gasteiger partial charge is 0.550 e. The number of carboxylic acids is 1. The minimum Gasteiger partial charge on any atom is -0.550 e. The first-order chi connectivity index (χ1) is 12.7. The van der Waals surface area contributed by atoms with Gasteiger partial charge in [-0.1, -0.05) is 23.9 Å². The van der Waals surface area contributed by atoms with E-state index in [1.54, 1.807) is 0 Å². The summed E-state index contributed by atoms with van der Waals surface area (Å²) in [5.74, 6) is -1.49. The van der Waals surface area contributed by atoms with Crippen LogP contribution in [0.2, 0.25) is 0 Å². The zero-order chi connectivity index (χ0) is 19.8. The van der Waals surface area contributed by atoms with Gasteiger partial charge < -0.3 is 14.8 Å². The highest BCUT2D eigenvalue weighted by atomic mass is 32.2. The number of amides is 1. The number of nitrogens with zero attached hydrogens (tertiary/aromatic N) is 2. The van der Waals surface area contributed by atoms with Crippen LogP contribution in [0.4, 0.5) is 5.69 Å². The second-order valence-corrected chi connectivity index (χ2v) is 10.3. The molecule has 1 amide bonds. The number of hydrogen-bond donors (Lipinski definition) is 0. The number of carbonyl (C=O) groups is 2. The van der Waals surface area contributed by atoms with Crippen molar-refractivity contribution in [3.05, 3.63) is 29.3 Å².